The lowest BCUT2D eigenvalue weighted by molar-refractivity contribution is 0.615. The van der Waals surface area contributed by atoms with E-state index in [1.807, 2.05) is 12.1 Å². The number of fused-ring (bicyclic) bond motifs is 5. The van der Waals surface area contributed by atoms with Crippen molar-refractivity contribution >= 4 is 23.7 Å². The maximum absolute atomic E-state index is 9.61. The molecule has 0 spiro atoms. The van der Waals surface area contributed by atoms with Crippen LogP contribution in [0.5, 0.6) is 0 Å². The molecule has 0 amide bonds. The summed E-state index contributed by atoms with van der Waals surface area (Å²) >= 11 is 0. The lowest BCUT2D eigenvalue weighted by Crippen LogP contribution is -2.29. The second-order valence-electron chi connectivity index (χ2n) is 8.23. The molecule has 0 aliphatic heterocycles. The van der Waals surface area contributed by atoms with Gasteiger partial charge in [0.25, 0.3) is 0 Å². The fraction of sp³-hybridized carbons (Fsp3) is 0.0345. The van der Waals surface area contributed by atoms with Crippen LogP contribution < -0.4 is 5.46 Å². The third-order valence-corrected chi connectivity index (χ3v) is 6.71. The van der Waals surface area contributed by atoms with Crippen molar-refractivity contribution in [3.8, 4) is 11.1 Å². The van der Waals surface area contributed by atoms with Crippen LogP contribution in [0, 0.1) is 0 Å². The van der Waals surface area contributed by atoms with Crippen molar-refractivity contribution in [1.82, 2.24) is 0 Å². The lowest BCUT2D eigenvalue weighted by Gasteiger charge is -2.34. The summed E-state index contributed by atoms with van der Waals surface area (Å²) in [7, 11) is 0.0520. The summed E-state index contributed by atoms with van der Waals surface area (Å²) in [5, 5.41) is 12.2. The molecule has 0 fully saturated rings. The Morgan fingerprint density at radius 1 is 0.548 bits per heavy atom. The van der Waals surface area contributed by atoms with Crippen molar-refractivity contribution in [2.75, 3.05) is 0 Å². The highest BCUT2D eigenvalue weighted by molar-refractivity contribution is 6.45. The Balaban J connectivity index is 1.80. The topological polar surface area (TPSA) is 20.2 Å². The summed E-state index contributed by atoms with van der Waals surface area (Å²) in [4.78, 5) is 0. The molecule has 1 aliphatic rings. The highest BCUT2D eigenvalue weighted by Crippen LogP contribution is 2.57. The van der Waals surface area contributed by atoms with Crippen LogP contribution in [-0.4, -0.2) is 12.5 Å². The fourth-order valence-corrected chi connectivity index (χ4v) is 5.38. The van der Waals surface area contributed by atoms with Crippen LogP contribution >= 0.6 is 0 Å². The summed E-state index contributed by atoms with van der Waals surface area (Å²) in [6, 6.07) is 41.3. The molecule has 1 unspecified atom stereocenters. The average molecular weight is 396 g/mol. The molecule has 0 heterocycles. The van der Waals surface area contributed by atoms with Gasteiger partial charge < -0.3 is 5.02 Å². The van der Waals surface area contributed by atoms with E-state index in [-0.39, 0.29) is 7.48 Å². The first-order chi connectivity index (χ1) is 15.3. The SMILES string of the molecule is OBc1ccc(C2(c3ccccc3)c3ccccc3-c3c2ccc2ccccc32)cc1. The Labute approximate surface area is 182 Å². The van der Waals surface area contributed by atoms with Crippen LogP contribution in [0.3, 0.4) is 0 Å². The molecule has 1 N–H and O–H groups in total. The summed E-state index contributed by atoms with van der Waals surface area (Å²) in [6.07, 6.45) is 0. The van der Waals surface area contributed by atoms with Crippen LogP contribution in [-0.2, 0) is 5.41 Å². The van der Waals surface area contributed by atoms with Crippen molar-refractivity contribution in [3.05, 3.63) is 138 Å². The molecule has 5 aromatic carbocycles. The predicted octanol–water partition coefficient (Wildman–Crippen LogP) is 5.17. The highest BCUT2D eigenvalue weighted by Gasteiger charge is 2.46. The number of hydrogen-bond acceptors (Lipinski definition) is 1. The molecule has 6 rings (SSSR count). The first kappa shape index (κ1) is 18.2. The van der Waals surface area contributed by atoms with E-state index >= 15 is 0 Å². The first-order valence-electron chi connectivity index (χ1n) is 10.7. The van der Waals surface area contributed by atoms with Gasteiger partial charge in [0.05, 0.1) is 5.41 Å². The van der Waals surface area contributed by atoms with Gasteiger partial charge >= 0.3 is 7.48 Å². The lowest BCUT2D eigenvalue weighted by atomic mass is 9.67. The van der Waals surface area contributed by atoms with Gasteiger partial charge in [0, 0.05) is 0 Å². The molecule has 0 bridgehead atoms. The van der Waals surface area contributed by atoms with Gasteiger partial charge in [-0.1, -0.05) is 121 Å². The van der Waals surface area contributed by atoms with Crippen molar-refractivity contribution in [2.24, 2.45) is 0 Å². The number of benzene rings is 5. The maximum Gasteiger partial charge on any atom is 0.304 e. The molecular formula is C29H21BO. The van der Waals surface area contributed by atoms with E-state index in [1.54, 1.807) is 0 Å². The summed E-state index contributed by atoms with van der Waals surface area (Å²) in [5.41, 5.74) is 8.25. The molecule has 1 nitrogen and oxygen atoms in total. The third-order valence-electron chi connectivity index (χ3n) is 6.71. The standard InChI is InChI=1S/C29H21BO/c31-30-23-17-15-22(16-18-23)29(21-9-2-1-3-10-21)26-13-7-6-12-25(26)28-24-11-5-4-8-20(24)14-19-27(28)29/h1-19,30-31H. The van der Waals surface area contributed by atoms with Gasteiger partial charge in [0.2, 0.25) is 0 Å². The van der Waals surface area contributed by atoms with Gasteiger partial charge in [-0.3, -0.25) is 0 Å². The number of hydrogen-bond donors (Lipinski definition) is 1. The molecule has 0 saturated carbocycles. The molecule has 0 radical (unpaired) electrons. The van der Waals surface area contributed by atoms with Gasteiger partial charge in [0.15, 0.2) is 0 Å². The molecule has 1 aliphatic carbocycles. The van der Waals surface area contributed by atoms with E-state index in [0.29, 0.717) is 0 Å². The van der Waals surface area contributed by atoms with Crippen LogP contribution in [0.4, 0.5) is 0 Å². The zero-order valence-electron chi connectivity index (χ0n) is 17.1. The molecule has 5 aromatic rings. The predicted molar refractivity (Wildman–Crippen MR) is 130 cm³/mol. The van der Waals surface area contributed by atoms with Gasteiger partial charge in [0.1, 0.15) is 0 Å². The smallest absolute Gasteiger partial charge is 0.304 e. The van der Waals surface area contributed by atoms with Gasteiger partial charge in [-0.05, 0) is 44.2 Å². The van der Waals surface area contributed by atoms with E-state index in [2.05, 4.69) is 103 Å². The maximum atomic E-state index is 9.61. The highest BCUT2D eigenvalue weighted by atomic mass is 16.2. The van der Waals surface area contributed by atoms with E-state index in [9.17, 15) is 5.02 Å². The van der Waals surface area contributed by atoms with Crippen molar-refractivity contribution in [2.45, 2.75) is 5.41 Å². The normalized spacial score (nSPS) is 16.7. The molecule has 0 aromatic heterocycles. The summed E-state index contributed by atoms with van der Waals surface area (Å²) < 4.78 is 0. The second-order valence-corrected chi connectivity index (χ2v) is 8.23. The fourth-order valence-electron chi connectivity index (χ4n) is 5.38. The Hall–Kier alpha value is -3.62. The second kappa shape index (κ2) is 6.97. The first-order valence-corrected chi connectivity index (χ1v) is 10.7. The molecule has 1 atom stereocenters. The average Bonchev–Trinajstić information content (AvgIpc) is 3.16. The van der Waals surface area contributed by atoms with Crippen molar-refractivity contribution < 1.29 is 5.02 Å². The Morgan fingerprint density at radius 2 is 1.23 bits per heavy atom. The van der Waals surface area contributed by atoms with Crippen LogP contribution in [0.2, 0.25) is 0 Å². The van der Waals surface area contributed by atoms with Crippen LogP contribution in [0.15, 0.2) is 115 Å². The summed E-state index contributed by atoms with van der Waals surface area (Å²) in [5.74, 6) is 0. The van der Waals surface area contributed by atoms with Crippen LogP contribution in [0.25, 0.3) is 21.9 Å². The van der Waals surface area contributed by atoms with Gasteiger partial charge in [-0.2, -0.15) is 0 Å². The Kier molecular flexibility index (Phi) is 4.09. The van der Waals surface area contributed by atoms with Crippen LogP contribution in [0.1, 0.15) is 22.3 Å². The quantitative estimate of drug-likeness (QED) is 0.409. The minimum atomic E-state index is -0.398. The van der Waals surface area contributed by atoms with E-state index in [4.69, 9.17) is 0 Å². The molecule has 0 saturated heterocycles. The van der Waals surface area contributed by atoms with E-state index in [1.165, 1.54) is 44.2 Å². The molecular weight excluding hydrogens is 375 g/mol. The molecule has 31 heavy (non-hydrogen) atoms. The minimum absolute atomic E-state index is 0.0520. The molecule has 2 heteroatoms. The monoisotopic (exact) mass is 396 g/mol. The van der Waals surface area contributed by atoms with Crippen molar-refractivity contribution in [3.63, 3.8) is 0 Å². The largest absolute Gasteiger partial charge is 0.449 e. The third kappa shape index (κ3) is 2.49. The number of rotatable bonds is 3. The Morgan fingerprint density at radius 3 is 2.03 bits per heavy atom. The van der Waals surface area contributed by atoms with E-state index < -0.39 is 5.41 Å². The molecule has 146 valence electrons. The van der Waals surface area contributed by atoms with Gasteiger partial charge in [-0.25, -0.2) is 0 Å². The van der Waals surface area contributed by atoms with Crippen molar-refractivity contribution in [1.29, 1.82) is 0 Å². The zero-order chi connectivity index (χ0) is 20.8. The van der Waals surface area contributed by atoms with E-state index in [0.717, 1.165) is 5.46 Å². The zero-order valence-corrected chi connectivity index (χ0v) is 17.1. The van der Waals surface area contributed by atoms with Gasteiger partial charge in [-0.15, -0.1) is 0 Å². The Bertz CT molecular complexity index is 1410. The summed E-state index contributed by atoms with van der Waals surface area (Å²) in [6.45, 7) is 0. The minimum Gasteiger partial charge on any atom is -0.449 e.